The molecule has 3 heterocycles. The number of aromatic nitrogens is 3. The van der Waals surface area contributed by atoms with Gasteiger partial charge in [0.15, 0.2) is 0 Å². The van der Waals surface area contributed by atoms with E-state index in [-0.39, 0.29) is 11.7 Å². The van der Waals surface area contributed by atoms with Crippen molar-refractivity contribution in [3.8, 4) is 11.6 Å². The van der Waals surface area contributed by atoms with Crippen LogP contribution in [0.1, 0.15) is 0 Å². The summed E-state index contributed by atoms with van der Waals surface area (Å²) in [5.41, 5.74) is 0.442. The molecule has 0 aromatic carbocycles. The topological polar surface area (TPSA) is 82.6 Å². The van der Waals surface area contributed by atoms with Crippen molar-refractivity contribution in [1.82, 2.24) is 14.4 Å². The van der Waals surface area contributed by atoms with Crippen molar-refractivity contribution < 1.29 is 9.66 Å². The fourth-order valence-electron chi connectivity index (χ4n) is 1.76. The van der Waals surface area contributed by atoms with Gasteiger partial charge in [-0.15, -0.1) is 0 Å². The second kappa shape index (κ2) is 4.89. The first-order valence-corrected chi connectivity index (χ1v) is 6.34. The minimum atomic E-state index is -0.527. The average Bonchev–Trinajstić information content (AvgIpc) is 2.76. The first-order valence-electron chi connectivity index (χ1n) is 5.55. The Hall–Kier alpha value is -2.48. The molecule has 8 heteroatoms. The zero-order chi connectivity index (χ0) is 14.1. The maximum atomic E-state index is 11.2. The molecule has 0 spiro atoms. The maximum absolute atomic E-state index is 11.2. The van der Waals surface area contributed by atoms with Gasteiger partial charge >= 0.3 is 11.7 Å². The van der Waals surface area contributed by atoms with Crippen LogP contribution < -0.4 is 4.74 Å². The van der Waals surface area contributed by atoms with Crippen molar-refractivity contribution in [3.63, 3.8) is 0 Å². The molecule has 0 aliphatic heterocycles. The number of hydrogen-bond acceptors (Lipinski definition) is 5. The van der Waals surface area contributed by atoms with E-state index in [4.69, 9.17) is 4.74 Å². The van der Waals surface area contributed by atoms with Crippen molar-refractivity contribution in [2.45, 2.75) is 0 Å². The molecule has 0 aliphatic carbocycles. The van der Waals surface area contributed by atoms with Crippen molar-refractivity contribution in [2.24, 2.45) is 0 Å². The Morgan fingerprint density at radius 2 is 2.20 bits per heavy atom. The van der Waals surface area contributed by atoms with Gasteiger partial charge < -0.3 is 14.9 Å². The van der Waals surface area contributed by atoms with Crippen LogP contribution in [-0.2, 0) is 0 Å². The highest BCUT2D eigenvalue weighted by molar-refractivity contribution is 9.10. The molecule has 0 saturated heterocycles. The Kier molecular flexibility index (Phi) is 3.07. The second-order valence-electron chi connectivity index (χ2n) is 3.87. The van der Waals surface area contributed by atoms with Crippen molar-refractivity contribution >= 4 is 27.4 Å². The summed E-state index contributed by atoms with van der Waals surface area (Å²) < 4.78 is 7.54. The lowest BCUT2D eigenvalue weighted by molar-refractivity contribution is -0.391. The van der Waals surface area contributed by atoms with Gasteiger partial charge in [-0.3, -0.25) is 4.98 Å². The third kappa shape index (κ3) is 2.21. The summed E-state index contributed by atoms with van der Waals surface area (Å²) in [6.45, 7) is 0. The molecule has 3 rings (SSSR count). The van der Waals surface area contributed by atoms with E-state index in [0.717, 1.165) is 0 Å². The van der Waals surface area contributed by atoms with Crippen molar-refractivity contribution in [3.05, 3.63) is 57.4 Å². The van der Waals surface area contributed by atoms with Gasteiger partial charge in [-0.1, -0.05) is 6.07 Å². The number of nitro groups is 1. The van der Waals surface area contributed by atoms with Crippen molar-refractivity contribution in [1.29, 1.82) is 0 Å². The molecule has 7 nitrogen and oxygen atoms in total. The summed E-state index contributed by atoms with van der Waals surface area (Å²) in [5, 5.41) is 11.2. The monoisotopic (exact) mass is 334 g/mol. The van der Waals surface area contributed by atoms with Crippen LogP contribution in [0.25, 0.3) is 5.65 Å². The third-order valence-corrected chi connectivity index (χ3v) is 2.97. The van der Waals surface area contributed by atoms with E-state index in [2.05, 4.69) is 25.9 Å². The normalized spacial score (nSPS) is 10.7. The van der Waals surface area contributed by atoms with E-state index in [9.17, 15) is 10.1 Å². The molecule has 0 radical (unpaired) electrons. The Labute approximate surface area is 121 Å². The Morgan fingerprint density at radius 1 is 1.35 bits per heavy atom. The number of hydrogen-bond donors (Lipinski definition) is 0. The first kappa shape index (κ1) is 12.5. The molecule has 0 N–H and O–H groups in total. The predicted octanol–water partition coefficient (Wildman–Crippen LogP) is 3.19. The number of nitrogens with zero attached hydrogens (tertiary/aromatic N) is 4. The summed E-state index contributed by atoms with van der Waals surface area (Å²) in [4.78, 5) is 18.7. The zero-order valence-corrected chi connectivity index (χ0v) is 11.5. The van der Waals surface area contributed by atoms with Crippen LogP contribution in [0.2, 0.25) is 0 Å². The van der Waals surface area contributed by atoms with Gasteiger partial charge in [-0.05, 0) is 33.0 Å². The summed E-state index contributed by atoms with van der Waals surface area (Å²) in [5.74, 6) is 0.0764. The smallest absolute Gasteiger partial charge is 0.392 e. The Morgan fingerprint density at radius 3 is 2.95 bits per heavy atom. The molecule has 20 heavy (non-hydrogen) atoms. The minimum absolute atomic E-state index is 0.0684. The fourth-order valence-corrected chi connectivity index (χ4v) is 2.10. The largest absolute Gasteiger partial charge is 0.431 e. The lowest BCUT2D eigenvalue weighted by Crippen LogP contribution is -1.96. The third-order valence-electron chi connectivity index (χ3n) is 2.54. The quantitative estimate of drug-likeness (QED) is 0.542. The van der Waals surface area contributed by atoms with Gasteiger partial charge in [0, 0.05) is 16.7 Å². The van der Waals surface area contributed by atoms with E-state index < -0.39 is 4.92 Å². The maximum Gasteiger partial charge on any atom is 0.392 e. The summed E-state index contributed by atoms with van der Waals surface area (Å²) in [6.07, 6.45) is 4.61. The highest BCUT2D eigenvalue weighted by atomic mass is 79.9. The van der Waals surface area contributed by atoms with Gasteiger partial charge in [0.1, 0.15) is 5.75 Å². The second-order valence-corrected chi connectivity index (χ2v) is 4.78. The summed E-state index contributed by atoms with van der Waals surface area (Å²) >= 11 is 3.26. The van der Waals surface area contributed by atoms with Gasteiger partial charge in [0.05, 0.1) is 12.4 Å². The predicted molar refractivity (Wildman–Crippen MR) is 73.9 cm³/mol. The van der Waals surface area contributed by atoms with Crippen LogP contribution >= 0.6 is 15.9 Å². The molecule has 0 atom stereocenters. The molecule has 0 aliphatic rings. The van der Waals surface area contributed by atoms with Crippen LogP contribution in [0, 0.1) is 10.1 Å². The average molecular weight is 335 g/mol. The Bertz CT molecular complexity index is 802. The number of halogens is 1. The highest BCUT2D eigenvalue weighted by Crippen LogP contribution is 2.31. The summed E-state index contributed by atoms with van der Waals surface area (Å²) in [7, 11) is 0. The molecule has 3 aromatic rings. The standard InChI is InChI=1S/C12H7BrN4O3/c13-8-5-9(7-14-6-8)20-11-12(17(18)19)16-4-2-1-3-10(16)15-11/h1-7H. The SMILES string of the molecule is O=[N+]([O-])c1c(Oc2cncc(Br)c2)nc2ccccn12. The molecule has 0 fully saturated rings. The van der Waals surface area contributed by atoms with Crippen LogP contribution in [-0.4, -0.2) is 19.3 Å². The van der Waals surface area contributed by atoms with Crippen LogP contribution in [0.15, 0.2) is 47.3 Å². The van der Waals surface area contributed by atoms with Gasteiger partial charge in [-0.2, -0.15) is 9.38 Å². The molecule has 100 valence electrons. The highest BCUT2D eigenvalue weighted by Gasteiger charge is 2.24. The lowest BCUT2D eigenvalue weighted by Gasteiger charge is -2.02. The number of pyridine rings is 2. The van der Waals surface area contributed by atoms with E-state index in [1.807, 2.05) is 0 Å². The van der Waals surface area contributed by atoms with Crippen molar-refractivity contribution in [2.75, 3.05) is 0 Å². The molecular formula is C12H7BrN4O3. The van der Waals surface area contributed by atoms with Gasteiger partial charge in [-0.25, -0.2) is 0 Å². The number of fused-ring (bicyclic) bond motifs is 1. The fraction of sp³-hybridized carbons (Fsp3) is 0. The van der Waals surface area contributed by atoms with E-state index in [1.165, 1.54) is 10.6 Å². The molecular weight excluding hydrogens is 328 g/mol. The minimum Gasteiger partial charge on any atom is -0.431 e. The number of rotatable bonds is 3. The lowest BCUT2D eigenvalue weighted by atomic mass is 10.5. The molecule has 3 aromatic heterocycles. The zero-order valence-electron chi connectivity index (χ0n) is 9.93. The Balaban J connectivity index is 2.11. The van der Waals surface area contributed by atoms with Gasteiger partial charge in [0.25, 0.3) is 0 Å². The van der Waals surface area contributed by atoms with E-state index in [1.54, 1.807) is 36.7 Å². The number of ether oxygens (including phenoxy) is 1. The van der Waals surface area contributed by atoms with Crippen LogP contribution in [0.5, 0.6) is 11.6 Å². The first-order chi connectivity index (χ1) is 9.65. The molecule has 0 amide bonds. The van der Waals surface area contributed by atoms with Gasteiger partial charge in [0.2, 0.25) is 5.65 Å². The number of imidazole rings is 1. The molecule has 0 bridgehead atoms. The van der Waals surface area contributed by atoms with E-state index in [0.29, 0.717) is 15.9 Å². The van der Waals surface area contributed by atoms with Crippen LogP contribution in [0.4, 0.5) is 5.82 Å². The van der Waals surface area contributed by atoms with Crippen LogP contribution in [0.3, 0.4) is 0 Å². The summed E-state index contributed by atoms with van der Waals surface area (Å²) in [6, 6.07) is 6.75. The molecule has 0 saturated carbocycles. The van der Waals surface area contributed by atoms with E-state index >= 15 is 0 Å². The molecule has 0 unspecified atom stereocenters.